The Kier molecular flexibility index (Phi) is 6.85. The fourth-order valence-electron chi connectivity index (χ4n) is 2.47. The van der Waals surface area contributed by atoms with Crippen LogP contribution in [0.5, 0.6) is 5.75 Å². The average Bonchev–Trinajstić information content (AvgIpc) is 3.21. The number of amides is 1. The normalized spacial score (nSPS) is 10.4. The topological polar surface area (TPSA) is 95.3 Å². The summed E-state index contributed by atoms with van der Waals surface area (Å²) >= 11 is 1.27. The molecule has 0 fully saturated rings. The predicted octanol–water partition coefficient (Wildman–Crippen LogP) is 3.18. The number of anilines is 1. The second kappa shape index (κ2) is 9.74. The molecule has 0 radical (unpaired) electrons. The van der Waals surface area contributed by atoms with Gasteiger partial charge < -0.3 is 14.8 Å². The van der Waals surface area contributed by atoms with Crippen molar-refractivity contribution in [3.05, 3.63) is 60.4 Å². The first-order chi connectivity index (χ1) is 14.1. The molecular formula is C20H20N4O4S. The maximum Gasteiger partial charge on any atom is 0.338 e. The largest absolute Gasteiger partial charge is 0.497 e. The molecule has 0 aliphatic carbocycles. The lowest BCUT2D eigenvalue weighted by molar-refractivity contribution is -0.113. The standard InChI is InChI=1S/C20H20N4O4S/c1-3-28-19(26)14-4-6-15(7-5-14)22-18(25)12-29-20-23-21-13-24(20)16-8-10-17(27-2)11-9-16/h4-11,13H,3,12H2,1-2H3,(H,22,25). The molecule has 2 aromatic carbocycles. The van der Waals surface area contributed by atoms with E-state index in [2.05, 4.69) is 15.5 Å². The fourth-order valence-corrected chi connectivity index (χ4v) is 3.20. The lowest BCUT2D eigenvalue weighted by atomic mass is 10.2. The predicted molar refractivity (Wildman–Crippen MR) is 110 cm³/mol. The number of thioether (sulfide) groups is 1. The third-order valence-electron chi connectivity index (χ3n) is 3.88. The minimum absolute atomic E-state index is 0.161. The Morgan fingerprint density at radius 2 is 1.83 bits per heavy atom. The summed E-state index contributed by atoms with van der Waals surface area (Å²) in [5, 5.41) is 11.4. The summed E-state index contributed by atoms with van der Waals surface area (Å²) < 4.78 is 11.9. The van der Waals surface area contributed by atoms with Crippen molar-refractivity contribution in [3.8, 4) is 11.4 Å². The molecule has 0 spiro atoms. The van der Waals surface area contributed by atoms with Crippen LogP contribution in [0.1, 0.15) is 17.3 Å². The lowest BCUT2D eigenvalue weighted by Gasteiger charge is -2.08. The zero-order valence-corrected chi connectivity index (χ0v) is 16.8. The molecule has 0 bridgehead atoms. The van der Waals surface area contributed by atoms with Crippen molar-refractivity contribution in [2.45, 2.75) is 12.1 Å². The molecule has 1 aromatic heterocycles. The van der Waals surface area contributed by atoms with Crippen LogP contribution in [0, 0.1) is 0 Å². The first kappa shape index (κ1) is 20.4. The van der Waals surface area contributed by atoms with Crippen molar-refractivity contribution >= 4 is 29.3 Å². The summed E-state index contributed by atoms with van der Waals surface area (Å²) in [6, 6.07) is 14.0. The number of nitrogens with zero attached hydrogens (tertiary/aromatic N) is 3. The first-order valence-corrected chi connectivity index (χ1v) is 9.83. The van der Waals surface area contributed by atoms with E-state index in [1.807, 2.05) is 24.3 Å². The van der Waals surface area contributed by atoms with Gasteiger partial charge in [-0.15, -0.1) is 10.2 Å². The lowest BCUT2D eigenvalue weighted by Crippen LogP contribution is -2.14. The number of nitrogens with one attached hydrogen (secondary N) is 1. The van der Waals surface area contributed by atoms with E-state index in [1.165, 1.54) is 11.8 Å². The van der Waals surface area contributed by atoms with Gasteiger partial charge in [-0.1, -0.05) is 11.8 Å². The molecule has 3 aromatic rings. The highest BCUT2D eigenvalue weighted by Crippen LogP contribution is 2.21. The highest BCUT2D eigenvalue weighted by atomic mass is 32.2. The summed E-state index contributed by atoms with van der Waals surface area (Å²) in [6.07, 6.45) is 1.59. The molecular weight excluding hydrogens is 392 g/mol. The number of methoxy groups -OCH3 is 1. The second-order valence-corrected chi connectivity index (χ2v) is 6.76. The summed E-state index contributed by atoms with van der Waals surface area (Å²) in [5.74, 6) is 0.334. The molecule has 0 saturated carbocycles. The van der Waals surface area contributed by atoms with Crippen molar-refractivity contribution in [2.75, 3.05) is 24.8 Å². The van der Waals surface area contributed by atoms with Crippen LogP contribution in [0.2, 0.25) is 0 Å². The van der Waals surface area contributed by atoms with Crippen LogP contribution in [0.25, 0.3) is 5.69 Å². The van der Waals surface area contributed by atoms with Crippen molar-refractivity contribution < 1.29 is 19.1 Å². The van der Waals surface area contributed by atoms with Crippen LogP contribution < -0.4 is 10.1 Å². The highest BCUT2D eigenvalue weighted by Gasteiger charge is 2.11. The minimum atomic E-state index is -0.390. The molecule has 1 heterocycles. The van der Waals surface area contributed by atoms with Crippen molar-refractivity contribution in [2.24, 2.45) is 0 Å². The molecule has 0 atom stereocenters. The van der Waals surface area contributed by atoms with Gasteiger partial charge in [-0.3, -0.25) is 9.36 Å². The Morgan fingerprint density at radius 3 is 2.48 bits per heavy atom. The SMILES string of the molecule is CCOC(=O)c1ccc(NC(=O)CSc2nncn2-c2ccc(OC)cc2)cc1. The number of carbonyl (C=O) groups excluding carboxylic acids is 2. The van der Waals surface area contributed by atoms with Gasteiger partial charge in [0.1, 0.15) is 12.1 Å². The van der Waals surface area contributed by atoms with E-state index in [9.17, 15) is 9.59 Å². The van der Waals surface area contributed by atoms with Crippen LogP contribution in [0.3, 0.4) is 0 Å². The van der Waals surface area contributed by atoms with Gasteiger partial charge in [0.05, 0.1) is 25.0 Å². The third-order valence-corrected chi connectivity index (χ3v) is 4.82. The van der Waals surface area contributed by atoms with Crippen LogP contribution in [-0.2, 0) is 9.53 Å². The quantitative estimate of drug-likeness (QED) is 0.448. The second-order valence-electron chi connectivity index (χ2n) is 5.82. The Hall–Kier alpha value is -3.33. The monoisotopic (exact) mass is 412 g/mol. The van der Waals surface area contributed by atoms with Crippen molar-refractivity contribution in [1.82, 2.24) is 14.8 Å². The minimum Gasteiger partial charge on any atom is -0.497 e. The average molecular weight is 412 g/mol. The first-order valence-electron chi connectivity index (χ1n) is 8.85. The van der Waals surface area contributed by atoms with Gasteiger partial charge in [0.15, 0.2) is 5.16 Å². The van der Waals surface area contributed by atoms with Gasteiger partial charge in [-0.2, -0.15) is 0 Å². The van der Waals surface area contributed by atoms with Crippen LogP contribution in [-0.4, -0.2) is 46.1 Å². The van der Waals surface area contributed by atoms with Gasteiger partial charge in [0.25, 0.3) is 0 Å². The van der Waals surface area contributed by atoms with Gasteiger partial charge >= 0.3 is 5.97 Å². The van der Waals surface area contributed by atoms with Crippen LogP contribution in [0.15, 0.2) is 60.0 Å². The van der Waals surface area contributed by atoms with Gasteiger partial charge in [0.2, 0.25) is 5.91 Å². The van der Waals surface area contributed by atoms with Gasteiger partial charge in [-0.25, -0.2) is 4.79 Å². The smallest absolute Gasteiger partial charge is 0.338 e. The zero-order chi connectivity index (χ0) is 20.6. The van der Waals surface area contributed by atoms with E-state index in [1.54, 1.807) is 49.2 Å². The van der Waals surface area contributed by atoms with E-state index in [-0.39, 0.29) is 17.6 Å². The van der Waals surface area contributed by atoms with E-state index in [0.717, 1.165) is 11.4 Å². The van der Waals surface area contributed by atoms with E-state index in [0.29, 0.717) is 23.0 Å². The Bertz CT molecular complexity index is 971. The maximum atomic E-state index is 12.3. The molecule has 0 aliphatic rings. The summed E-state index contributed by atoms with van der Waals surface area (Å²) in [5.41, 5.74) is 1.90. The van der Waals surface area contributed by atoms with Gasteiger partial charge in [-0.05, 0) is 55.5 Å². The Balaban J connectivity index is 1.57. The van der Waals surface area contributed by atoms with Crippen LogP contribution >= 0.6 is 11.8 Å². The number of esters is 1. The number of benzene rings is 2. The van der Waals surface area contributed by atoms with E-state index in [4.69, 9.17) is 9.47 Å². The number of rotatable bonds is 8. The van der Waals surface area contributed by atoms with Crippen molar-refractivity contribution in [1.29, 1.82) is 0 Å². The number of hydrogen-bond donors (Lipinski definition) is 1. The van der Waals surface area contributed by atoms with E-state index < -0.39 is 0 Å². The van der Waals surface area contributed by atoms with Crippen molar-refractivity contribution in [3.63, 3.8) is 0 Å². The Morgan fingerprint density at radius 1 is 1.10 bits per heavy atom. The summed E-state index contributed by atoms with van der Waals surface area (Å²) in [6.45, 7) is 2.06. The molecule has 1 N–H and O–H groups in total. The Labute approximate surface area is 172 Å². The zero-order valence-electron chi connectivity index (χ0n) is 16.0. The number of aromatic nitrogens is 3. The molecule has 0 aliphatic heterocycles. The summed E-state index contributed by atoms with van der Waals surface area (Å²) in [4.78, 5) is 23.9. The molecule has 150 valence electrons. The molecule has 0 unspecified atom stereocenters. The highest BCUT2D eigenvalue weighted by molar-refractivity contribution is 7.99. The molecule has 8 nitrogen and oxygen atoms in total. The molecule has 3 rings (SSSR count). The molecule has 9 heteroatoms. The molecule has 0 saturated heterocycles. The third kappa shape index (κ3) is 5.35. The van der Waals surface area contributed by atoms with E-state index >= 15 is 0 Å². The number of ether oxygens (including phenoxy) is 2. The van der Waals surface area contributed by atoms with Crippen LogP contribution in [0.4, 0.5) is 5.69 Å². The fraction of sp³-hybridized carbons (Fsp3) is 0.200. The summed E-state index contributed by atoms with van der Waals surface area (Å²) in [7, 11) is 1.61. The maximum absolute atomic E-state index is 12.3. The molecule has 1 amide bonds. The number of carbonyl (C=O) groups is 2. The number of hydrogen-bond acceptors (Lipinski definition) is 7. The van der Waals surface area contributed by atoms with Gasteiger partial charge in [0, 0.05) is 11.4 Å². The molecule has 29 heavy (non-hydrogen) atoms.